The molecule has 7 nitrogen and oxygen atoms in total. The maximum atomic E-state index is 12.5. The molecule has 1 amide bonds. The number of benzene rings is 2. The van der Waals surface area contributed by atoms with Gasteiger partial charge in [0.15, 0.2) is 17.6 Å². The van der Waals surface area contributed by atoms with Crippen molar-refractivity contribution in [2.24, 2.45) is 0 Å². The fraction of sp³-hybridized carbons (Fsp3) is 0.235. The van der Waals surface area contributed by atoms with E-state index in [1.54, 1.807) is 19.2 Å². The normalized spacial score (nSPS) is 15.6. The standard InChI is InChI=1S/C17H16N2O5/c1-18(17(20)13-6-2-3-7-14(13)19(21)22)10-12-11-23-15-8-4-5-9-16(15)24-12/h2-9,12H,10-11H2,1H3. The number of nitro benzene ring substituents is 1. The Morgan fingerprint density at radius 3 is 2.62 bits per heavy atom. The zero-order valence-corrected chi connectivity index (χ0v) is 13.0. The fourth-order valence-electron chi connectivity index (χ4n) is 2.56. The van der Waals surface area contributed by atoms with Crippen molar-refractivity contribution in [2.45, 2.75) is 6.10 Å². The lowest BCUT2D eigenvalue weighted by Crippen LogP contribution is -2.41. The van der Waals surface area contributed by atoms with E-state index in [4.69, 9.17) is 9.47 Å². The van der Waals surface area contributed by atoms with Gasteiger partial charge in [-0.2, -0.15) is 0 Å². The average molecular weight is 328 g/mol. The van der Waals surface area contributed by atoms with E-state index in [0.29, 0.717) is 18.1 Å². The first-order chi connectivity index (χ1) is 11.6. The van der Waals surface area contributed by atoms with Gasteiger partial charge in [0.1, 0.15) is 12.2 Å². The molecule has 0 N–H and O–H groups in total. The second-order valence-corrected chi connectivity index (χ2v) is 5.46. The molecule has 1 atom stereocenters. The zero-order valence-electron chi connectivity index (χ0n) is 13.0. The van der Waals surface area contributed by atoms with Crippen LogP contribution in [0.5, 0.6) is 11.5 Å². The molecule has 0 spiro atoms. The number of rotatable bonds is 4. The molecule has 0 saturated carbocycles. The summed E-state index contributed by atoms with van der Waals surface area (Å²) in [6, 6.07) is 13.2. The topological polar surface area (TPSA) is 81.9 Å². The van der Waals surface area contributed by atoms with Gasteiger partial charge in [0, 0.05) is 13.1 Å². The van der Waals surface area contributed by atoms with E-state index in [1.165, 1.54) is 23.1 Å². The molecule has 1 heterocycles. The Labute approximate surface area is 138 Å². The van der Waals surface area contributed by atoms with Gasteiger partial charge < -0.3 is 14.4 Å². The van der Waals surface area contributed by atoms with Gasteiger partial charge in [0.05, 0.1) is 11.5 Å². The summed E-state index contributed by atoms with van der Waals surface area (Å²) in [6.07, 6.45) is -0.336. The number of likely N-dealkylation sites (N-methyl/N-ethyl adjacent to an activating group) is 1. The highest BCUT2D eigenvalue weighted by Crippen LogP contribution is 2.31. The first-order valence-electron chi connectivity index (χ1n) is 7.43. The van der Waals surface area contributed by atoms with E-state index in [-0.39, 0.29) is 23.9 Å². The highest BCUT2D eigenvalue weighted by atomic mass is 16.6. The summed E-state index contributed by atoms with van der Waals surface area (Å²) in [7, 11) is 1.59. The largest absolute Gasteiger partial charge is 0.486 e. The number of ether oxygens (including phenoxy) is 2. The van der Waals surface area contributed by atoms with E-state index >= 15 is 0 Å². The Hall–Kier alpha value is -3.09. The van der Waals surface area contributed by atoms with Gasteiger partial charge in [0.2, 0.25) is 0 Å². The summed E-state index contributed by atoms with van der Waals surface area (Å²) < 4.78 is 11.4. The summed E-state index contributed by atoms with van der Waals surface area (Å²) in [5.41, 5.74) is -0.150. The molecule has 124 valence electrons. The highest BCUT2D eigenvalue weighted by molar-refractivity contribution is 5.98. The Balaban J connectivity index is 1.71. The van der Waals surface area contributed by atoms with Crippen LogP contribution < -0.4 is 9.47 Å². The minimum absolute atomic E-state index is 0.0575. The smallest absolute Gasteiger partial charge is 0.282 e. The second-order valence-electron chi connectivity index (χ2n) is 5.46. The van der Waals surface area contributed by atoms with Crippen molar-refractivity contribution < 1.29 is 19.2 Å². The van der Waals surface area contributed by atoms with Crippen LogP contribution in [0.4, 0.5) is 5.69 Å². The molecule has 1 aliphatic heterocycles. The van der Waals surface area contributed by atoms with E-state index in [0.717, 1.165) is 0 Å². The van der Waals surface area contributed by atoms with E-state index < -0.39 is 10.8 Å². The number of para-hydroxylation sites is 3. The zero-order chi connectivity index (χ0) is 17.1. The van der Waals surface area contributed by atoms with E-state index in [2.05, 4.69) is 0 Å². The third kappa shape index (κ3) is 3.15. The molecular formula is C17H16N2O5. The SMILES string of the molecule is CN(CC1COc2ccccc2O1)C(=O)c1ccccc1[N+](=O)[O-]. The van der Waals surface area contributed by atoms with Crippen LogP contribution in [0, 0.1) is 10.1 Å². The highest BCUT2D eigenvalue weighted by Gasteiger charge is 2.27. The van der Waals surface area contributed by atoms with Gasteiger partial charge in [-0.25, -0.2) is 0 Å². The summed E-state index contributed by atoms with van der Waals surface area (Å²) in [5, 5.41) is 11.1. The Morgan fingerprint density at radius 1 is 1.21 bits per heavy atom. The number of nitrogens with zero attached hydrogens (tertiary/aromatic N) is 2. The van der Waals surface area contributed by atoms with Crippen LogP contribution in [0.1, 0.15) is 10.4 Å². The van der Waals surface area contributed by atoms with Crippen LogP contribution >= 0.6 is 0 Å². The van der Waals surface area contributed by atoms with Crippen LogP contribution in [0.25, 0.3) is 0 Å². The van der Waals surface area contributed by atoms with E-state index in [9.17, 15) is 14.9 Å². The summed E-state index contributed by atoms with van der Waals surface area (Å²) in [6.45, 7) is 0.574. The third-order valence-corrected chi connectivity index (χ3v) is 3.72. The monoisotopic (exact) mass is 328 g/mol. The molecular weight excluding hydrogens is 312 g/mol. The Bertz CT molecular complexity index is 777. The number of nitro groups is 1. The number of carbonyl (C=O) groups excluding carboxylic acids is 1. The molecule has 0 aliphatic carbocycles. The van der Waals surface area contributed by atoms with Crippen LogP contribution in [0.3, 0.4) is 0 Å². The van der Waals surface area contributed by atoms with Crippen molar-refractivity contribution in [3.05, 3.63) is 64.2 Å². The van der Waals surface area contributed by atoms with Gasteiger partial charge in [0.25, 0.3) is 11.6 Å². The van der Waals surface area contributed by atoms with Gasteiger partial charge in [-0.05, 0) is 18.2 Å². The molecule has 3 rings (SSSR count). The molecule has 0 radical (unpaired) electrons. The predicted octanol–water partition coefficient (Wildman–Crippen LogP) is 2.51. The second kappa shape index (κ2) is 6.57. The minimum atomic E-state index is -0.558. The van der Waals surface area contributed by atoms with Gasteiger partial charge in [-0.15, -0.1) is 0 Å². The summed E-state index contributed by atoms with van der Waals surface area (Å²) in [5.74, 6) is 0.867. The quantitative estimate of drug-likeness (QED) is 0.636. The first-order valence-corrected chi connectivity index (χ1v) is 7.43. The molecule has 24 heavy (non-hydrogen) atoms. The van der Waals surface area contributed by atoms with Crippen molar-refractivity contribution in [3.63, 3.8) is 0 Å². The van der Waals surface area contributed by atoms with Crippen molar-refractivity contribution in [2.75, 3.05) is 20.2 Å². The lowest BCUT2D eigenvalue weighted by Gasteiger charge is -2.29. The number of carbonyl (C=O) groups is 1. The van der Waals surface area contributed by atoms with Crippen molar-refractivity contribution in [1.82, 2.24) is 4.90 Å². The predicted molar refractivity (Wildman–Crippen MR) is 86.4 cm³/mol. The first kappa shape index (κ1) is 15.8. The fourth-order valence-corrected chi connectivity index (χ4v) is 2.56. The van der Waals surface area contributed by atoms with Crippen molar-refractivity contribution >= 4 is 11.6 Å². The maximum absolute atomic E-state index is 12.5. The summed E-state index contributed by atoms with van der Waals surface area (Å²) >= 11 is 0. The molecule has 0 bridgehead atoms. The third-order valence-electron chi connectivity index (χ3n) is 3.72. The number of hydrogen-bond donors (Lipinski definition) is 0. The molecule has 1 unspecified atom stereocenters. The molecule has 7 heteroatoms. The van der Waals surface area contributed by atoms with E-state index in [1.807, 2.05) is 18.2 Å². The molecule has 1 aliphatic rings. The van der Waals surface area contributed by atoms with Crippen LogP contribution in [-0.4, -0.2) is 42.0 Å². The van der Waals surface area contributed by atoms with Crippen molar-refractivity contribution in [1.29, 1.82) is 0 Å². The van der Waals surface area contributed by atoms with Crippen LogP contribution in [0.15, 0.2) is 48.5 Å². The number of hydrogen-bond acceptors (Lipinski definition) is 5. The molecule has 2 aromatic rings. The number of fused-ring (bicyclic) bond motifs is 1. The van der Waals surface area contributed by atoms with Crippen molar-refractivity contribution in [3.8, 4) is 11.5 Å². The molecule has 0 saturated heterocycles. The van der Waals surface area contributed by atoms with Crippen LogP contribution in [0.2, 0.25) is 0 Å². The Morgan fingerprint density at radius 2 is 1.88 bits per heavy atom. The lowest BCUT2D eigenvalue weighted by atomic mass is 10.1. The molecule has 0 fully saturated rings. The molecule has 0 aromatic heterocycles. The minimum Gasteiger partial charge on any atom is -0.486 e. The lowest BCUT2D eigenvalue weighted by molar-refractivity contribution is -0.385. The van der Waals surface area contributed by atoms with Gasteiger partial charge >= 0.3 is 0 Å². The van der Waals surface area contributed by atoms with Gasteiger partial charge in [-0.3, -0.25) is 14.9 Å². The maximum Gasteiger partial charge on any atom is 0.282 e. The number of amides is 1. The molecule has 2 aromatic carbocycles. The van der Waals surface area contributed by atoms with Crippen LogP contribution in [-0.2, 0) is 0 Å². The van der Waals surface area contributed by atoms with Gasteiger partial charge in [-0.1, -0.05) is 24.3 Å². The average Bonchev–Trinajstić information content (AvgIpc) is 2.61. The Kier molecular flexibility index (Phi) is 4.33. The summed E-state index contributed by atoms with van der Waals surface area (Å²) in [4.78, 5) is 24.4.